The molecule has 320 valence electrons. The standard InChI is InChI=1S/C22H23N5O5.C19H23N5O5/c23-19-16-20(27(11-24-16)21-18(30)17(29)15(10-28)32-21)26-22(25-19)31-8-7-12-5-6-13-3-1-2-4-14(13)9-12;1-10-2-4-11(5-3-10)6-7-28-19-22-16(20)13-17(23-19)24(9-21-13)18-15(27)14(26)12(8-25)29-18/h1-6,9,11,15,17-18,21,28-30H,7-8,10H2,(H2,23,25,26);2-5,9,12,14-15,18,25-27H,6-8H2,1H3,(H2,20,22,23)/t15?,17-,18-,21?;12?,14-,15-,18?/m11/s1. The molecule has 7 aromatic rings. The van der Waals surface area contributed by atoms with Crippen LogP contribution in [0.1, 0.15) is 29.1 Å². The molecule has 0 radical (unpaired) electrons. The summed E-state index contributed by atoms with van der Waals surface area (Å²) in [5, 5.41) is 61.6. The van der Waals surface area contributed by atoms with Gasteiger partial charge in [0.1, 0.15) is 36.6 Å². The monoisotopic (exact) mass is 838 g/mol. The molecule has 20 heteroatoms. The molecule has 2 aliphatic rings. The topological polar surface area (TPSA) is 298 Å². The summed E-state index contributed by atoms with van der Waals surface area (Å²) in [5.74, 6) is 0.257. The maximum atomic E-state index is 10.3. The third kappa shape index (κ3) is 8.60. The average molecular weight is 839 g/mol. The molecule has 4 aromatic heterocycles. The van der Waals surface area contributed by atoms with Crippen LogP contribution in [0.25, 0.3) is 33.1 Å². The largest absolute Gasteiger partial charge is 0.463 e. The van der Waals surface area contributed by atoms with Gasteiger partial charge < -0.3 is 61.1 Å². The van der Waals surface area contributed by atoms with Gasteiger partial charge in [-0.1, -0.05) is 72.3 Å². The number of aryl methyl sites for hydroxylation is 1. The van der Waals surface area contributed by atoms with Crippen molar-refractivity contribution in [3.63, 3.8) is 0 Å². The lowest BCUT2D eigenvalue weighted by atomic mass is 10.1. The summed E-state index contributed by atoms with van der Waals surface area (Å²) >= 11 is 0. The minimum absolute atomic E-state index is 0.0734. The zero-order valence-electron chi connectivity index (χ0n) is 32.9. The number of ether oxygens (including phenoxy) is 4. The lowest BCUT2D eigenvalue weighted by molar-refractivity contribution is -0.0511. The first kappa shape index (κ1) is 41.6. The predicted octanol–water partition coefficient (Wildman–Crippen LogP) is 0.745. The average Bonchev–Trinajstić information content (AvgIpc) is 4.03. The Morgan fingerprint density at radius 2 is 1.08 bits per heavy atom. The molecule has 2 aliphatic heterocycles. The number of imidazole rings is 2. The summed E-state index contributed by atoms with van der Waals surface area (Å²) in [6, 6.07) is 22.7. The van der Waals surface area contributed by atoms with Crippen LogP contribution < -0.4 is 20.9 Å². The van der Waals surface area contributed by atoms with Gasteiger partial charge in [0.2, 0.25) is 0 Å². The SMILES string of the molecule is Cc1ccc(CCOc2nc(N)c3ncn(C4OC(CO)[C@@H](O)[C@H]4O)c3n2)cc1.Nc1nc(OCCc2ccc3ccccc3c2)nc2c1ncn2C1OC(CO)[C@@H](O)[C@H]1O. The number of nitrogens with two attached hydrogens (primary N) is 2. The van der Waals surface area contributed by atoms with Crippen LogP contribution in [0.2, 0.25) is 0 Å². The zero-order chi connectivity index (χ0) is 42.8. The van der Waals surface area contributed by atoms with Crippen LogP contribution in [0.3, 0.4) is 0 Å². The second-order valence-corrected chi connectivity index (χ2v) is 14.8. The fourth-order valence-corrected chi connectivity index (χ4v) is 7.23. The Hall–Kier alpha value is -6.10. The number of aromatic nitrogens is 8. The van der Waals surface area contributed by atoms with Gasteiger partial charge in [0.05, 0.1) is 39.1 Å². The Labute approximate surface area is 347 Å². The van der Waals surface area contributed by atoms with E-state index in [0.717, 1.165) is 16.5 Å². The maximum absolute atomic E-state index is 10.3. The Morgan fingerprint density at radius 1 is 0.607 bits per heavy atom. The fourth-order valence-electron chi connectivity index (χ4n) is 7.23. The number of anilines is 2. The van der Waals surface area contributed by atoms with Crippen molar-refractivity contribution in [2.75, 3.05) is 37.9 Å². The van der Waals surface area contributed by atoms with E-state index in [1.807, 2.05) is 43.3 Å². The summed E-state index contributed by atoms with van der Waals surface area (Å²) in [7, 11) is 0. The molecule has 6 heterocycles. The second-order valence-electron chi connectivity index (χ2n) is 14.8. The number of fused-ring (bicyclic) bond motifs is 3. The van der Waals surface area contributed by atoms with Crippen molar-refractivity contribution in [1.82, 2.24) is 39.0 Å². The van der Waals surface area contributed by atoms with E-state index in [4.69, 9.17) is 30.4 Å². The Kier molecular flexibility index (Phi) is 12.2. The molecule has 20 nitrogen and oxygen atoms in total. The third-order valence-corrected chi connectivity index (χ3v) is 10.6. The van der Waals surface area contributed by atoms with Crippen molar-refractivity contribution in [1.29, 1.82) is 0 Å². The highest BCUT2D eigenvalue weighted by Gasteiger charge is 2.45. The van der Waals surface area contributed by atoms with Gasteiger partial charge in [0.25, 0.3) is 0 Å². The van der Waals surface area contributed by atoms with Crippen LogP contribution in [0, 0.1) is 6.92 Å². The first-order chi connectivity index (χ1) is 29.5. The lowest BCUT2D eigenvalue weighted by Crippen LogP contribution is -2.33. The molecule has 0 amide bonds. The minimum atomic E-state index is -1.27. The predicted molar refractivity (Wildman–Crippen MR) is 219 cm³/mol. The van der Waals surface area contributed by atoms with Crippen molar-refractivity contribution >= 4 is 44.7 Å². The molecular weight excluding hydrogens is 793 g/mol. The van der Waals surface area contributed by atoms with Crippen LogP contribution in [-0.2, 0) is 22.3 Å². The molecule has 3 aromatic carbocycles. The normalized spacial score (nSPS) is 23.7. The number of nitrogen functional groups attached to an aromatic ring is 2. The molecule has 0 bridgehead atoms. The molecule has 2 fully saturated rings. The Balaban J connectivity index is 0.000000169. The first-order valence-corrected chi connectivity index (χ1v) is 19.6. The van der Waals surface area contributed by atoms with Crippen LogP contribution in [0.5, 0.6) is 12.0 Å². The van der Waals surface area contributed by atoms with Gasteiger partial charge in [0.15, 0.2) is 46.4 Å². The molecule has 0 saturated carbocycles. The summed E-state index contributed by atoms with van der Waals surface area (Å²) in [5.41, 5.74) is 16.7. The van der Waals surface area contributed by atoms with Crippen LogP contribution in [0.15, 0.2) is 79.4 Å². The van der Waals surface area contributed by atoms with E-state index in [1.54, 1.807) is 0 Å². The second kappa shape index (κ2) is 17.9. The minimum Gasteiger partial charge on any atom is -0.463 e. The van der Waals surface area contributed by atoms with Crippen LogP contribution in [-0.4, -0.2) is 133 Å². The van der Waals surface area contributed by atoms with Crippen LogP contribution in [0.4, 0.5) is 11.6 Å². The van der Waals surface area contributed by atoms with E-state index < -0.39 is 62.3 Å². The molecule has 9 rings (SSSR count). The number of hydrogen-bond donors (Lipinski definition) is 8. The van der Waals surface area contributed by atoms with Gasteiger partial charge >= 0.3 is 12.0 Å². The molecule has 4 unspecified atom stereocenters. The molecule has 0 spiro atoms. The third-order valence-electron chi connectivity index (χ3n) is 10.6. The van der Waals surface area contributed by atoms with E-state index >= 15 is 0 Å². The molecule has 8 atom stereocenters. The van der Waals surface area contributed by atoms with Gasteiger partial charge in [0, 0.05) is 12.8 Å². The number of hydrogen-bond acceptors (Lipinski definition) is 18. The lowest BCUT2D eigenvalue weighted by Gasteiger charge is -2.16. The van der Waals surface area contributed by atoms with E-state index in [9.17, 15) is 30.6 Å². The van der Waals surface area contributed by atoms with E-state index in [-0.39, 0.29) is 23.7 Å². The molecular formula is C41H46N10O10. The number of aliphatic hydroxyl groups excluding tert-OH is 6. The van der Waals surface area contributed by atoms with Gasteiger partial charge in [-0.3, -0.25) is 9.13 Å². The van der Waals surface area contributed by atoms with Crippen molar-refractivity contribution in [2.24, 2.45) is 0 Å². The maximum Gasteiger partial charge on any atom is 0.320 e. The Morgan fingerprint density at radius 3 is 1.57 bits per heavy atom. The van der Waals surface area contributed by atoms with Gasteiger partial charge in [-0.25, -0.2) is 9.97 Å². The Bertz CT molecular complexity index is 2610. The summed E-state index contributed by atoms with van der Waals surface area (Å²) in [4.78, 5) is 25.4. The van der Waals surface area contributed by atoms with Crippen molar-refractivity contribution in [3.05, 3.63) is 96.1 Å². The van der Waals surface area contributed by atoms with Gasteiger partial charge in [-0.05, 0) is 28.8 Å². The van der Waals surface area contributed by atoms with E-state index in [1.165, 1.54) is 32.7 Å². The smallest absolute Gasteiger partial charge is 0.320 e. The van der Waals surface area contributed by atoms with E-state index in [2.05, 4.69) is 60.2 Å². The number of aliphatic hydroxyl groups is 6. The quantitative estimate of drug-likeness (QED) is 0.0842. The summed E-state index contributed by atoms with van der Waals surface area (Å²) < 4.78 is 25.4. The fraction of sp³-hybridized carbons (Fsp3) is 0.366. The number of nitrogens with zero attached hydrogens (tertiary/aromatic N) is 8. The first-order valence-electron chi connectivity index (χ1n) is 19.6. The highest BCUT2D eigenvalue weighted by molar-refractivity contribution is 5.84. The highest BCUT2D eigenvalue weighted by atomic mass is 16.6. The number of rotatable bonds is 12. The number of benzene rings is 3. The van der Waals surface area contributed by atoms with Crippen molar-refractivity contribution < 1.29 is 49.6 Å². The van der Waals surface area contributed by atoms with Crippen molar-refractivity contribution in [3.8, 4) is 12.0 Å². The van der Waals surface area contributed by atoms with E-state index in [0.29, 0.717) is 48.4 Å². The van der Waals surface area contributed by atoms with Gasteiger partial charge in [-0.2, -0.15) is 19.9 Å². The van der Waals surface area contributed by atoms with Crippen molar-refractivity contribution in [2.45, 2.75) is 68.8 Å². The summed E-state index contributed by atoms with van der Waals surface area (Å²) in [6.45, 7) is 1.87. The van der Waals surface area contributed by atoms with Gasteiger partial charge in [-0.15, -0.1) is 0 Å². The molecule has 2 saturated heterocycles. The van der Waals surface area contributed by atoms with Crippen LogP contribution >= 0.6 is 0 Å². The highest BCUT2D eigenvalue weighted by Crippen LogP contribution is 2.34. The molecule has 61 heavy (non-hydrogen) atoms. The zero-order valence-corrected chi connectivity index (χ0v) is 32.9. The molecule has 10 N–H and O–H groups in total. The summed E-state index contributed by atoms with van der Waals surface area (Å²) in [6.07, 6.45) is -4.64. The molecule has 0 aliphatic carbocycles.